The highest BCUT2D eigenvalue weighted by Gasteiger charge is 2.19. The van der Waals surface area contributed by atoms with Gasteiger partial charge in [-0.3, -0.25) is 9.69 Å². The molecule has 0 aliphatic rings. The molecule has 4 aromatic rings. The van der Waals surface area contributed by atoms with Gasteiger partial charge < -0.3 is 0 Å². The molecule has 150 valence electrons. The van der Waals surface area contributed by atoms with Crippen molar-refractivity contribution in [3.8, 4) is 0 Å². The van der Waals surface area contributed by atoms with E-state index < -0.39 is 0 Å². The smallest absolute Gasteiger partial charge is 0.253 e. The van der Waals surface area contributed by atoms with Gasteiger partial charge in [-0.15, -0.1) is 0 Å². The Bertz CT molecular complexity index is 1230. The number of rotatable bonds is 5. The van der Waals surface area contributed by atoms with Crippen molar-refractivity contribution in [3.63, 3.8) is 0 Å². The maximum Gasteiger partial charge on any atom is 0.253 e. The van der Waals surface area contributed by atoms with E-state index in [1.807, 2.05) is 67.6 Å². The molecule has 0 radical (unpaired) electrons. The molecule has 0 bridgehead atoms. The van der Waals surface area contributed by atoms with Crippen molar-refractivity contribution >= 4 is 61.9 Å². The molecule has 6 heteroatoms. The predicted octanol–water partition coefficient (Wildman–Crippen LogP) is 7.16. The van der Waals surface area contributed by atoms with Gasteiger partial charge >= 0.3 is 0 Å². The Labute approximate surface area is 189 Å². The van der Waals surface area contributed by atoms with Crippen LogP contribution >= 0.6 is 34.5 Å². The van der Waals surface area contributed by atoms with Crippen molar-refractivity contribution in [2.45, 2.75) is 13.5 Å². The number of nitrogens with zero attached hydrogens (tertiary/aromatic N) is 2. The lowest BCUT2D eigenvalue weighted by Crippen LogP contribution is -2.28. The van der Waals surface area contributed by atoms with Crippen LogP contribution in [0.1, 0.15) is 16.7 Å². The highest BCUT2D eigenvalue weighted by atomic mass is 35.5. The molecule has 4 rings (SSSR count). The lowest BCUT2D eigenvalue weighted by molar-refractivity contribution is -0.114. The van der Waals surface area contributed by atoms with Gasteiger partial charge in [0.15, 0.2) is 5.13 Å². The minimum Gasteiger partial charge on any atom is -0.280 e. The number of carbonyl (C=O) groups is 1. The summed E-state index contributed by atoms with van der Waals surface area (Å²) in [6.45, 7) is 2.39. The second-order valence-electron chi connectivity index (χ2n) is 6.83. The number of thiazole rings is 1. The van der Waals surface area contributed by atoms with E-state index >= 15 is 0 Å². The Morgan fingerprint density at radius 2 is 1.80 bits per heavy atom. The molecular weight excluding hydrogens is 435 g/mol. The number of hydrogen-bond acceptors (Lipinski definition) is 3. The quantitative estimate of drug-likeness (QED) is 0.301. The van der Waals surface area contributed by atoms with Crippen molar-refractivity contribution in [2.24, 2.45) is 0 Å². The van der Waals surface area contributed by atoms with Gasteiger partial charge in [-0.25, -0.2) is 4.98 Å². The Morgan fingerprint density at radius 3 is 2.57 bits per heavy atom. The third kappa shape index (κ3) is 4.57. The number of benzene rings is 3. The number of amides is 1. The van der Waals surface area contributed by atoms with Gasteiger partial charge in [0.2, 0.25) is 0 Å². The second kappa shape index (κ2) is 9.00. The fourth-order valence-electron chi connectivity index (χ4n) is 3.13. The van der Waals surface area contributed by atoms with Crippen LogP contribution in [0.5, 0.6) is 0 Å². The lowest BCUT2D eigenvalue weighted by atomic mass is 10.2. The Balaban J connectivity index is 1.72. The number of aromatic nitrogens is 1. The topological polar surface area (TPSA) is 33.2 Å². The van der Waals surface area contributed by atoms with E-state index in [1.54, 1.807) is 17.0 Å². The summed E-state index contributed by atoms with van der Waals surface area (Å²) in [5, 5.41) is 1.89. The van der Waals surface area contributed by atoms with Crippen molar-refractivity contribution in [1.82, 2.24) is 4.98 Å². The van der Waals surface area contributed by atoms with E-state index in [0.717, 1.165) is 26.9 Å². The molecule has 1 amide bonds. The summed E-state index contributed by atoms with van der Waals surface area (Å²) in [6.07, 6.45) is 3.27. The molecular formula is C24H18Cl2N2OS. The van der Waals surface area contributed by atoms with E-state index in [4.69, 9.17) is 28.2 Å². The van der Waals surface area contributed by atoms with Crippen LogP contribution in [0.3, 0.4) is 0 Å². The summed E-state index contributed by atoms with van der Waals surface area (Å²) in [4.78, 5) is 19.6. The average Bonchev–Trinajstić information content (AvgIpc) is 3.16. The van der Waals surface area contributed by atoms with Crippen LogP contribution in [0.15, 0.2) is 72.8 Å². The van der Waals surface area contributed by atoms with Crippen LogP contribution < -0.4 is 4.90 Å². The molecule has 1 heterocycles. The summed E-state index contributed by atoms with van der Waals surface area (Å²) in [5.41, 5.74) is 3.66. The second-order valence-corrected chi connectivity index (χ2v) is 8.68. The number of anilines is 1. The minimum absolute atomic E-state index is 0.165. The van der Waals surface area contributed by atoms with Gasteiger partial charge in [-0.05, 0) is 47.9 Å². The zero-order valence-corrected chi connectivity index (χ0v) is 18.5. The molecule has 0 N–H and O–H groups in total. The molecule has 3 nitrogen and oxygen atoms in total. The Morgan fingerprint density at radius 1 is 1.07 bits per heavy atom. The normalized spacial score (nSPS) is 11.3. The summed E-state index contributed by atoms with van der Waals surface area (Å²) < 4.78 is 0.955. The molecule has 0 spiro atoms. The SMILES string of the molecule is Cc1cc(Cl)cc2sc(N(Cc3ccccc3)C(=O)/C=C/c3ccccc3Cl)nc12. The zero-order chi connectivity index (χ0) is 21.1. The number of hydrogen-bond donors (Lipinski definition) is 0. The van der Waals surface area contributed by atoms with Gasteiger partial charge in [0.05, 0.1) is 16.8 Å². The first kappa shape index (κ1) is 20.6. The molecule has 0 unspecified atom stereocenters. The molecule has 30 heavy (non-hydrogen) atoms. The Hall–Kier alpha value is -2.66. The van der Waals surface area contributed by atoms with Gasteiger partial charge in [0.1, 0.15) is 0 Å². The van der Waals surface area contributed by atoms with Gasteiger partial charge in [0, 0.05) is 16.1 Å². The maximum atomic E-state index is 13.2. The molecule has 0 aliphatic heterocycles. The third-order valence-corrected chi connectivity index (χ3v) is 6.22. The molecule has 0 saturated heterocycles. The van der Waals surface area contributed by atoms with Gasteiger partial charge in [0.25, 0.3) is 5.91 Å². The Kier molecular flexibility index (Phi) is 6.18. The fraction of sp³-hybridized carbons (Fsp3) is 0.0833. The number of halogens is 2. The largest absolute Gasteiger partial charge is 0.280 e. The van der Waals surface area contributed by atoms with Crippen molar-refractivity contribution in [3.05, 3.63) is 99.5 Å². The standard InChI is InChI=1S/C24H18Cl2N2OS/c1-16-13-19(25)14-21-23(16)27-24(30-21)28(15-17-7-3-2-4-8-17)22(29)12-11-18-9-5-6-10-20(18)26/h2-14H,15H2,1H3/b12-11+. The molecule has 0 saturated carbocycles. The van der Waals surface area contributed by atoms with Crippen LogP contribution in [0.4, 0.5) is 5.13 Å². The number of aryl methyl sites for hydroxylation is 1. The van der Waals surface area contributed by atoms with E-state index in [0.29, 0.717) is 21.7 Å². The first-order chi connectivity index (χ1) is 14.5. The van der Waals surface area contributed by atoms with Crippen LogP contribution in [0.2, 0.25) is 10.0 Å². The molecule has 0 fully saturated rings. The van der Waals surface area contributed by atoms with E-state index in [1.165, 1.54) is 17.4 Å². The fourth-order valence-corrected chi connectivity index (χ4v) is 4.75. The third-order valence-electron chi connectivity index (χ3n) is 4.63. The van der Waals surface area contributed by atoms with E-state index in [2.05, 4.69) is 0 Å². The molecule has 0 atom stereocenters. The summed E-state index contributed by atoms with van der Waals surface area (Å²) in [6, 6.07) is 21.0. The van der Waals surface area contributed by atoms with Crippen LogP contribution in [0.25, 0.3) is 16.3 Å². The van der Waals surface area contributed by atoms with Crippen LogP contribution in [-0.4, -0.2) is 10.9 Å². The summed E-state index contributed by atoms with van der Waals surface area (Å²) in [5.74, 6) is -0.165. The average molecular weight is 453 g/mol. The first-order valence-electron chi connectivity index (χ1n) is 9.36. The van der Waals surface area contributed by atoms with Crippen molar-refractivity contribution < 1.29 is 4.79 Å². The summed E-state index contributed by atoms with van der Waals surface area (Å²) in [7, 11) is 0. The first-order valence-corrected chi connectivity index (χ1v) is 10.9. The summed E-state index contributed by atoms with van der Waals surface area (Å²) >= 11 is 13.9. The number of carbonyl (C=O) groups excluding carboxylic acids is 1. The monoisotopic (exact) mass is 452 g/mol. The maximum absolute atomic E-state index is 13.2. The van der Waals surface area contributed by atoms with Crippen molar-refractivity contribution in [1.29, 1.82) is 0 Å². The van der Waals surface area contributed by atoms with Gasteiger partial charge in [-0.2, -0.15) is 0 Å². The van der Waals surface area contributed by atoms with Crippen LogP contribution in [0, 0.1) is 6.92 Å². The van der Waals surface area contributed by atoms with Crippen LogP contribution in [-0.2, 0) is 11.3 Å². The number of fused-ring (bicyclic) bond motifs is 1. The lowest BCUT2D eigenvalue weighted by Gasteiger charge is -2.18. The predicted molar refractivity (Wildman–Crippen MR) is 127 cm³/mol. The molecule has 3 aromatic carbocycles. The van der Waals surface area contributed by atoms with Gasteiger partial charge in [-0.1, -0.05) is 83.1 Å². The van der Waals surface area contributed by atoms with Crippen molar-refractivity contribution in [2.75, 3.05) is 4.90 Å². The van der Waals surface area contributed by atoms with E-state index in [-0.39, 0.29) is 5.91 Å². The zero-order valence-electron chi connectivity index (χ0n) is 16.2. The highest BCUT2D eigenvalue weighted by molar-refractivity contribution is 7.22. The minimum atomic E-state index is -0.165. The highest BCUT2D eigenvalue weighted by Crippen LogP contribution is 2.34. The molecule has 1 aromatic heterocycles. The van der Waals surface area contributed by atoms with E-state index in [9.17, 15) is 4.79 Å². The molecule has 0 aliphatic carbocycles.